The largest absolute Gasteiger partial charge is 0.445 e. The van der Waals surface area contributed by atoms with Crippen LogP contribution in [0.5, 0.6) is 0 Å². The number of rotatable bonds is 5. The highest BCUT2D eigenvalue weighted by molar-refractivity contribution is 5.67. The fourth-order valence-electron chi connectivity index (χ4n) is 2.69. The van der Waals surface area contributed by atoms with E-state index < -0.39 is 17.8 Å². The van der Waals surface area contributed by atoms with Crippen molar-refractivity contribution in [3.05, 3.63) is 35.4 Å². The minimum atomic E-state index is -4.45. The van der Waals surface area contributed by atoms with Gasteiger partial charge in [0.1, 0.15) is 6.61 Å². The highest BCUT2D eigenvalue weighted by Crippen LogP contribution is 2.32. The molecule has 134 valence electrons. The summed E-state index contributed by atoms with van der Waals surface area (Å²) in [4.78, 5) is 15.9. The molecule has 1 aromatic rings. The van der Waals surface area contributed by atoms with Crippen LogP contribution in [-0.4, -0.2) is 48.6 Å². The van der Waals surface area contributed by atoms with Gasteiger partial charge < -0.3 is 9.64 Å². The van der Waals surface area contributed by atoms with Crippen LogP contribution in [0.4, 0.5) is 18.0 Å². The summed E-state index contributed by atoms with van der Waals surface area (Å²) in [6, 6.07) is 5.16. The van der Waals surface area contributed by atoms with Crippen LogP contribution in [0.15, 0.2) is 24.3 Å². The minimum absolute atomic E-state index is 0.0278. The van der Waals surface area contributed by atoms with Crippen LogP contribution < -0.4 is 0 Å². The molecule has 0 spiro atoms. The lowest BCUT2D eigenvalue weighted by molar-refractivity contribution is -0.138. The van der Waals surface area contributed by atoms with Gasteiger partial charge in [-0.05, 0) is 19.0 Å². The Kier molecular flexibility index (Phi) is 6.48. The molecule has 0 atom stereocenters. The van der Waals surface area contributed by atoms with Gasteiger partial charge in [-0.25, -0.2) is 4.79 Å². The van der Waals surface area contributed by atoms with E-state index in [9.17, 15) is 18.0 Å². The molecule has 7 heteroatoms. The fourth-order valence-corrected chi connectivity index (χ4v) is 2.69. The van der Waals surface area contributed by atoms with Crippen molar-refractivity contribution in [1.29, 1.82) is 0 Å². The SMILES string of the molecule is CCCCN1CCN(C(=O)OCc2ccccc2C(F)(F)F)CC1. The Morgan fingerprint density at radius 2 is 1.83 bits per heavy atom. The van der Waals surface area contributed by atoms with Gasteiger partial charge in [0.05, 0.1) is 5.56 Å². The summed E-state index contributed by atoms with van der Waals surface area (Å²) in [5.41, 5.74) is -0.790. The zero-order valence-electron chi connectivity index (χ0n) is 13.8. The first-order chi connectivity index (χ1) is 11.4. The molecule has 1 heterocycles. The topological polar surface area (TPSA) is 32.8 Å². The van der Waals surface area contributed by atoms with E-state index in [2.05, 4.69) is 11.8 Å². The van der Waals surface area contributed by atoms with Gasteiger partial charge in [0.25, 0.3) is 0 Å². The van der Waals surface area contributed by atoms with E-state index in [4.69, 9.17) is 4.74 Å². The van der Waals surface area contributed by atoms with Crippen molar-refractivity contribution in [2.45, 2.75) is 32.5 Å². The molecule has 0 unspecified atom stereocenters. The second-order valence-corrected chi connectivity index (χ2v) is 5.89. The highest BCUT2D eigenvalue weighted by Gasteiger charge is 2.33. The third-order valence-electron chi connectivity index (χ3n) is 4.13. The van der Waals surface area contributed by atoms with Gasteiger partial charge >= 0.3 is 12.3 Å². The number of alkyl halides is 3. The quantitative estimate of drug-likeness (QED) is 0.815. The van der Waals surface area contributed by atoms with Gasteiger partial charge in [-0.3, -0.25) is 4.90 Å². The lowest BCUT2D eigenvalue weighted by Crippen LogP contribution is -2.48. The summed E-state index contributed by atoms with van der Waals surface area (Å²) in [5, 5.41) is 0. The van der Waals surface area contributed by atoms with E-state index in [1.165, 1.54) is 18.2 Å². The predicted molar refractivity (Wildman–Crippen MR) is 84.6 cm³/mol. The molecule has 0 saturated carbocycles. The average molecular weight is 344 g/mol. The number of nitrogens with zero attached hydrogens (tertiary/aromatic N) is 2. The maximum Gasteiger partial charge on any atom is 0.416 e. The van der Waals surface area contributed by atoms with Crippen molar-refractivity contribution >= 4 is 6.09 Å². The van der Waals surface area contributed by atoms with Crippen molar-refractivity contribution in [3.63, 3.8) is 0 Å². The molecule has 1 aromatic carbocycles. The number of carbonyl (C=O) groups is 1. The first-order valence-electron chi connectivity index (χ1n) is 8.21. The van der Waals surface area contributed by atoms with Gasteiger partial charge in [-0.15, -0.1) is 0 Å². The molecule has 1 aliphatic rings. The predicted octanol–water partition coefficient (Wildman–Crippen LogP) is 3.76. The molecule has 0 aliphatic carbocycles. The number of benzene rings is 1. The lowest BCUT2D eigenvalue weighted by atomic mass is 10.1. The molecule has 0 radical (unpaired) electrons. The monoisotopic (exact) mass is 344 g/mol. The molecule has 1 aliphatic heterocycles. The lowest BCUT2D eigenvalue weighted by Gasteiger charge is -2.34. The van der Waals surface area contributed by atoms with E-state index in [0.717, 1.165) is 38.5 Å². The Hall–Kier alpha value is -1.76. The Labute approximate surface area is 140 Å². The normalized spacial score (nSPS) is 16.2. The standard InChI is InChI=1S/C17H23F3N2O2/c1-2-3-8-21-9-11-22(12-10-21)16(23)24-13-14-6-4-5-7-15(14)17(18,19)20/h4-7H,2-3,8-13H2,1H3. The Balaban J connectivity index is 1.84. The van der Waals surface area contributed by atoms with Crippen molar-refractivity contribution in [3.8, 4) is 0 Å². The van der Waals surface area contributed by atoms with Gasteiger partial charge in [-0.2, -0.15) is 13.2 Å². The number of piperazine rings is 1. The highest BCUT2D eigenvalue weighted by atomic mass is 19.4. The average Bonchev–Trinajstić information content (AvgIpc) is 2.57. The number of halogens is 3. The molecule has 1 fully saturated rings. The number of unbranched alkanes of at least 4 members (excludes halogenated alkanes) is 1. The number of hydrogen-bond acceptors (Lipinski definition) is 3. The number of carbonyl (C=O) groups excluding carboxylic acids is 1. The smallest absolute Gasteiger partial charge is 0.416 e. The summed E-state index contributed by atoms with van der Waals surface area (Å²) in [5.74, 6) is 0. The first kappa shape index (κ1) is 18.6. The molecule has 24 heavy (non-hydrogen) atoms. The molecular weight excluding hydrogens is 321 g/mol. The number of amides is 1. The third-order valence-corrected chi connectivity index (χ3v) is 4.13. The van der Waals surface area contributed by atoms with Gasteiger partial charge in [-0.1, -0.05) is 31.5 Å². The minimum Gasteiger partial charge on any atom is -0.445 e. The second-order valence-electron chi connectivity index (χ2n) is 5.89. The fraction of sp³-hybridized carbons (Fsp3) is 0.588. The number of hydrogen-bond donors (Lipinski definition) is 0. The zero-order chi connectivity index (χ0) is 17.6. The molecule has 0 N–H and O–H groups in total. The molecular formula is C17H23F3N2O2. The number of ether oxygens (including phenoxy) is 1. The summed E-state index contributed by atoms with van der Waals surface area (Å²) < 4.78 is 43.8. The van der Waals surface area contributed by atoms with Crippen LogP contribution in [0.2, 0.25) is 0 Å². The van der Waals surface area contributed by atoms with E-state index in [0.29, 0.717) is 13.1 Å². The Morgan fingerprint density at radius 1 is 1.17 bits per heavy atom. The molecule has 1 amide bonds. The van der Waals surface area contributed by atoms with Crippen LogP contribution in [0, 0.1) is 0 Å². The third kappa shape index (κ3) is 5.12. The van der Waals surface area contributed by atoms with Crippen LogP contribution >= 0.6 is 0 Å². The molecule has 4 nitrogen and oxygen atoms in total. The van der Waals surface area contributed by atoms with Crippen molar-refractivity contribution < 1.29 is 22.7 Å². The van der Waals surface area contributed by atoms with E-state index in [1.54, 1.807) is 4.90 Å². The van der Waals surface area contributed by atoms with Crippen LogP contribution in [0.3, 0.4) is 0 Å². The van der Waals surface area contributed by atoms with Gasteiger partial charge in [0, 0.05) is 31.7 Å². The summed E-state index contributed by atoms with van der Waals surface area (Å²) in [6.45, 7) is 5.41. The zero-order valence-corrected chi connectivity index (χ0v) is 13.8. The Bertz CT molecular complexity index is 541. The van der Waals surface area contributed by atoms with Gasteiger partial charge in [0.2, 0.25) is 0 Å². The van der Waals surface area contributed by atoms with E-state index in [-0.39, 0.29) is 12.2 Å². The first-order valence-corrected chi connectivity index (χ1v) is 8.21. The van der Waals surface area contributed by atoms with Crippen LogP contribution in [0.25, 0.3) is 0 Å². The Morgan fingerprint density at radius 3 is 2.46 bits per heavy atom. The molecule has 1 saturated heterocycles. The maximum absolute atomic E-state index is 12.9. The van der Waals surface area contributed by atoms with Gasteiger partial charge in [0.15, 0.2) is 0 Å². The molecule has 0 bridgehead atoms. The van der Waals surface area contributed by atoms with E-state index >= 15 is 0 Å². The summed E-state index contributed by atoms with van der Waals surface area (Å²) in [6.07, 6.45) is -2.75. The summed E-state index contributed by atoms with van der Waals surface area (Å²) >= 11 is 0. The van der Waals surface area contributed by atoms with Crippen LogP contribution in [-0.2, 0) is 17.5 Å². The van der Waals surface area contributed by atoms with Crippen LogP contribution in [0.1, 0.15) is 30.9 Å². The van der Waals surface area contributed by atoms with E-state index in [1.807, 2.05) is 0 Å². The second kappa shape index (κ2) is 8.37. The summed E-state index contributed by atoms with van der Waals surface area (Å²) in [7, 11) is 0. The van der Waals surface area contributed by atoms with Crippen molar-refractivity contribution in [1.82, 2.24) is 9.80 Å². The molecule has 2 rings (SSSR count). The maximum atomic E-state index is 12.9. The van der Waals surface area contributed by atoms with Crippen molar-refractivity contribution in [2.75, 3.05) is 32.7 Å². The molecule has 0 aromatic heterocycles. The van der Waals surface area contributed by atoms with Crippen molar-refractivity contribution in [2.24, 2.45) is 0 Å².